The van der Waals surface area contributed by atoms with E-state index in [1.165, 1.54) is 0 Å². The van der Waals surface area contributed by atoms with Crippen LogP contribution >= 0.6 is 0 Å². The summed E-state index contributed by atoms with van der Waals surface area (Å²) in [4.78, 5) is 20.1. The third-order valence-corrected chi connectivity index (χ3v) is 0.536. The summed E-state index contributed by atoms with van der Waals surface area (Å²) >= 11 is 0. The normalized spacial score (nSPS) is 8.56. The van der Waals surface area contributed by atoms with Crippen molar-refractivity contribution in [3.63, 3.8) is 0 Å². The van der Waals surface area contributed by atoms with Crippen molar-refractivity contribution >= 4 is 12.1 Å². The Hall–Kier alpha value is -1.10. The van der Waals surface area contributed by atoms with Gasteiger partial charge in [0, 0.05) is 0 Å². The number of nitrogens with two attached hydrogens (primary N) is 1. The van der Waals surface area contributed by atoms with Crippen molar-refractivity contribution in [2.45, 2.75) is 0 Å². The van der Waals surface area contributed by atoms with E-state index in [4.69, 9.17) is 0 Å². The molecule has 0 atom stereocenters. The van der Waals surface area contributed by atoms with Crippen LogP contribution < -0.4 is 11.1 Å². The van der Waals surface area contributed by atoms with Crippen LogP contribution in [0.2, 0.25) is 0 Å². The number of likely N-dealkylation sites (N-methyl/N-ethyl adjacent to an activating group) is 1. The molecule has 0 heterocycles. The molecule has 5 heteroatoms. The van der Waals surface area contributed by atoms with Crippen LogP contribution in [0.15, 0.2) is 0 Å². The molecule has 52 valence electrons. The Morgan fingerprint density at radius 2 is 2.22 bits per heavy atom. The zero-order chi connectivity index (χ0) is 7.28. The van der Waals surface area contributed by atoms with Gasteiger partial charge in [-0.3, -0.25) is 4.79 Å². The van der Waals surface area contributed by atoms with E-state index in [2.05, 4.69) is 15.8 Å². The van der Waals surface area contributed by atoms with Gasteiger partial charge in [-0.25, -0.2) is 4.79 Å². The number of amides is 1. The van der Waals surface area contributed by atoms with Crippen LogP contribution in [0.4, 0.5) is 4.79 Å². The molecule has 0 aromatic rings. The van der Waals surface area contributed by atoms with Crippen LogP contribution in [0.1, 0.15) is 0 Å². The van der Waals surface area contributed by atoms with Crippen molar-refractivity contribution in [2.75, 3.05) is 13.6 Å². The molecule has 0 saturated carbocycles. The minimum atomic E-state index is -1.07. The minimum absolute atomic E-state index is 0.0110. The quantitative estimate of drug-likeness (QED) is 0.366. The van der Waals surface area contributed by atoms with Crippen molar-refractivity contribution in [3.8, 4) is 0 Å². The minimum Gasteiger partial charge on any atom is -0.375 e. The summed E-state index contributed by atoms with van der Waals surface area (Å²) in [5.74, 6) is -0.676. The molecule has 0 aromatic heterocycles. The lowest BCUT2D eigenvalue weighted by atomic mass is 10.7. The van der Waals surface area contributed by atoms with Gasteiger partial charge in [-0.1, -0.05) is 0 Å². The summed E-state index contributed by atoms with van der Waals surface area (Å²) in [6, 6.07) is 0. The topological polar surface area (TPSA) is 81.4 Å². The number of hydrogen-bond acceptors (Lipinski definition) is 4. The van der Waals surface area contributed by atoms with E-state index in [1.807, 2.05) is 0 Å². The molecule has 0 spiro atoms. The SMILES string of the molecule is CNCC(=O)OC(N)=O. The van der Waals surface area contributed by atoms with Gasteiger partial charge in [0.05, 0.1) is 6.54 Å². The van der Waals surface area contributed by atoms with E-state index >= 15 is 0 Å². The number of nitrogens with one attached hydrogen (secondary N) is 1. The van der Waals surface area contributed by atoms with E-state index in [-0.39, 0.29) is 6.54 Å². The van der Waals surface area contributed by atoms with E-state index < -0.39 is 12.1 Å². The zero-order valence-electron chi connectivity index (χ0n) is 5.01. The molecule has 5 nitrogen and oxygen atoms in total. The van der Waals surface area contributed by atoms with Crippen molar-refractivity contribution in [1.82, 2.24) is 5.32 Å². The Labute approximate surface area is 52.2 Å². The molecule has 0 aliphatic rings. The summed E-state index contributed by atoms with van der Waals surface area (Å²) < 4.78 is 3.93. The second-order valence-electron chi connectivity index (χ2n) is 1.32. The molecule has 0 aliphatic carbocycles. The lowest BCUT2D eigenvalue weighted by Gasteiger charge is -1.95. The summed E-state index contributed by atoms with van der Waals surface area (Å²) in [5.41, 5.74) is 4.51. The largest absolute Gasteiger partial charge is 0.412 e. The molecule has 0 unspecified atom stereocenters. The molecule has 0 radical (unpaired) electrons. The second kappa shape index (κ2) is 3.85. The predicted molar refractivity (Wildman–Crippen MR) is 29.6 cm³/mol. The van der Waals surface area contributed by atoms with Gasteiger partial charge >= 0.3 is 12.1 Å². The van der Waals surface area contributed by atoms with Crippen molar-refractivity contribution < 1.29 is 14.3 Å². The fourth-order valence-electron chi connectivity index (χ4n) is 0.293. The summed E-state index contributed by atoms with van der Waals surface area (Å²) in [6.45, 7) is -0.0110. The highest BCUT2D eigenvalue weighted by atomic mass is 16.6. The van der Waals surface area contributed by atoms with Gasteiger partial charge in [-0.2, -0.15) is 0 Å². The summed E-state index contributed by atoms with van der Waals surface area (Å²) in [6.07, 6.45) is -1.07. The average Bonchev–Trinajstić information content (AvgIpc) is 1.63. The Balaban J connectivity index is 3.39. The second-order valence-corrected chi connectivity index (χ2v) is 1.32. The van der Waals surface area contributed by atoms with Gasteiger partial charge < -0.3 is 15.8 Å². The molecule has 0 fully saturated rings. The molecule has 0 aromatic carbocycles. The van der Waals surface area contributed by atoms with Crippen LogP contribution in [0.3, 0.4) is 0 Å². The van der Waals surface area contributed by atoms with Crippen LogP contribution in [-0.4, -0.2) is 25.7 Å². The first kappa shape index (κ1) is 7.90. The maximum Gasteiger partial charge on any atom is 0.412 e. The van der Waals surface area contributed by atoms with E-state index in [0.29, 0.717) is 0 Å². The monoisotopic (exact) mass is 132 g/mol. The van der Waals surface area contributed by atoms with Gasteiger partial charge in [-0.15, -0.1) is 0 Å². The fourth-order valence-corrected chi connectivity index (χ4v) is 0.293. The van der Waals surface area contributed by atoms with Gasteiger partial charge in [0.1, 0.15) is 0 Å². The molecule has 3 N–H and O–H groups in total. The van der Waals surface area contributed by atoms with Crippen LogP contribution in [0, 0.1) is 0 Å². The highest BCUT2D eigenvalue weighted by Crippen LogP contribution is 1.73. The molecule has 0 aliphatic heterocycles. The lowest BCUT2D eigenvalue weighted by Crippen LogP contribution is -2.26. The molecule has 0 rings (SSSR count). The van der Waals surface area contributed by atoms with Crippen molar-refractivity contribution in [2.24, 2.45) is 5.73 Å². The Morgan fingerprint density at radius 1 is 1.67 bits per heavy atom. The number of primary amides is 1. The first-order chi connectivity index (χ1) is 4.16. The highest BCUT2D eigenvalue weighted by Gasteiger charge is 2.02. The number of esters is 1. The lowest BCUT2D eigenvalue weighted by molar-refractivity contribution is -0.135. The number of hydrogen-bond donors (Lipinski definition) is 2. The third kappa shape index (κ3) is 4.76. The maximum atomic E-state index is 10.3. The number of carbonyl (C=O) groups excluding carboxylic acids is 2. The zero-order valence-corrected chi connectivity index (χ0v) is 5.01. The van der Waals surface area contributed by atoms with Crippen LogP contribution in [0.25, 0.3) is 0 Å². The molecule has 9 heavy (non-hydrogen) atoms. The Kier molecular flexibility index (Phi) is 3.38. The van der Waals surface area contributed by atoms with E-state index in [0.717, 1.165) is 0 Å². The van der Waals surface area contributed by atoms with E-state index in [9.17, 15) is 9.59 Å². The molecule has 0 bridgehead atoms. The van der Waals surface area contributed by atoms with E-state index in [1.54, 1.807) is 7.05 Å². The summed E-state index contributed by atoms with van der Waals surface area (Å²) in [7, 11) is 1.56. The molecule has 0 saturated heterocycles. The number of carbonyl (C=O) groups is 2. The summed E-state index contributed by atoms with van der Waals surface area (Å²) in [5, 5.41) is 2.49. The van der Waals surface area contributed by atoms with Crippen molar-refractivity contribution in [1.29, 1.82) is 0 Å². The van der Waals surface area contributed by atoms with Gasteiger partial charge in [0.2, 0.25) is 0 Å². The number of ether oxygens (including phenoxy) is 1. The van der Waals surface area contributed by atoms with Crippen LogP contribution in [-0.2, 0) is 9.53 Å². The Bertz CT molecular complexity index is 123. The first-order valence-electron chi connectivity index (χ1n) is 2.31. The van der Waals surface area contributed by atoms with Crippen molar-refractivity contribution in [3.05, 3.63) is 0 Å². The average molecular weight is 132 g/mol. The molecule has 1 amide bonds. The standard InChI is InChI=1S/C4H8N2O3/c1-6-2-3(7)9-4(5)8/h6H,2H2,1H3,(H2,5,8). The maximum absolute atomic E-state index is 10.3. The fraction of sp³-hybridized carbons (Fsp3) is 0.500. The first-order valence-corrected chi connectivity index (χ1v) is 2.31. The highest BCUT2D eigenvalue weighted by molar-refractivity contribution is 5.84. The van der Waals surface area contributed by atoms with Crippen LogP contribution in [0.5, 0.6) is 0 Å². The van der Waals surface area contributed by atoms with Gasteiger partial charge in [0.15, 0.2) is 0 Å². The number of rotatable bonds is 2. The Morgan fingerprint density at radius 3 is 2.56 bits per heavy atom. The van der Waals surface area contributed by atoms with Gasteiger partial charge in [-0.05, 0) is 7.05 Å². The molecular formula is C4H8N2O3. The third-order valence-electron chi connectivity index (χ3n) is 0.536. The molecular weight excluding hydrogens is 124 g/mol. The van der Waals surface area contributed by atoms with Gasteiger partial charge in [0.25, 0.3) is 0 Å². The smallest absolute Gasteiger partial charge is 0.375 e. The predicted octanol–water partition coefficient (Wildman–Crippen LogP) is -1.17.